The van der Waals surface area contributed by atoms with Crippen LogP contribution in [0.4, 0.5) is 0 Å². The van der Waals surface area contributed by atoms with Gasteiger partial charge in [-0.3, -0.25) is 10.4 Å². The zero-order chi connectivity index (χ0) is 8.97. The third-order valence-electron chi connectivity index (χ3n) is 1.78. The average Bonchev–Trinajstić information content (AvgIpc) is 2.47. The molecule has 0 aliphatic carbocycles. The Balaban J connectivity index is 2.44. The molecule has 1 rings (SSSR count). The van der Waals surface area contributed by atoms with Crippen LogP contribution in [0.25, 0.3) is 0 Å². The van der Waals surface area contributed by atoms with Crippen LogP contribution >= 0.6 is 0 Å². The molecule has 1 heterocycles. The number of nitrogens with one attached hydrogen (secondary N) is 2. The van der Waals surface area contributed by atoms with Crippen LogP contribution < -0.4 is 5.32 Å². The molecule has 0 aromatic carbocycles. The van der Waals surface area contributed by atoms with Crippen LogP contribution in [0.2, 0.25) is 0 Å². The minimum absolute atomic E-state index is 0.110. The Morgan fingerprint density at radius 1 is 1.83 bits per heavy atom. The third kappa shape index (κ3) is 2.11. The second kappa shape index (κ2) is 3.93. The summed E-state index contributed by atoms with van der Waals surface area (Å²) >= 11 is 0. The lowest BCUT2D eigenvalue weighted by atomic mass is 10.2. The molecule has 1 aromatic rings. The van der Waals surface area contributed by atoms with Crippen molar-refractivity contribution in [1.29, 1.82) is 0 Å². The van der Waals surface area contributed by atoms with Crippen molar-refractivity contribution in [3.63, 3.8) is 0 Å². The largest absolute Gasteiger partial charge is 0.300 e. The third-order valence-corrected chi connectivity index (χ3v) is 1.78. The van der Waals surface area contributed by atoms with Gasteiger partial charge in [0.2, 0.25) is 0 Å². The van der Waals surface area contributed by atoms with E-state index in [1.165, 1.54) is 0 Å². The number of aryl methyl sites for hydroxylation is 1. The van der Waals surface area contributed by atoms with Gasteiger partial charge in [0.05, 0.1) is 12.2 Å². The first-order valence-corrected chi connectivity index (χ1v) is 3.92. The van der Waals surface area contributed by atoms with E-state index in [-0.39, 0.29) is 6.04 Å². The van der Waals surface area contributed by atoms with Crippen molar-refractivity contribution >= 4 is 0 Å². The lowest BCUT2D eigenvalue weighted by molar-refractivity contribution is 0.646. The summed E-state index contributed by atoms with van der Waals surface area (Å²) in [5.74, 6) is 2.61. The highest BCUT2D eigenvalue weighted by molar-refractivity contribution is 5.14. The van der Waals surface area contributed by atoms with Crippen molar-refractivity contribution in [2.24, 2.45) is 0 Å². The molecule has 3 heteroatoms. The van der Waals surface area contributed by atoms with E-state index in [9.17, 15) is 0 Å². The second-order valence-corrected chi connectivity index (χ2v) is 2.79. The Labute approximate surface area is 72.6 Å². The normalized spacial score (nSPS) is 12.4. The van der Waals surface area contributed by atoms with Crippen LogP contribution in [-0.4, -0.2) is 16.2 Å². The van der Waals surface area contributed by atoms with Gasteiger partial charge in [0, 0.05) is 17.8 Å². The van der Waals surface area contributed by atoms with Crippen molar-refractivity contribution in [3.05, 3.63) is 17.5 Å². The number of aromatic amines is 1. The molecule has 0 saturated heterocycles. The minimum Gasteiger partial charge on any atom is -0.300 e. The molecular weight excluding hydrogens is 150 g/mol. The van der Waals surface area contributed by atoms with Gasteiger partial charge < -0.3 is 0 Å². The molecule has 1 aromatic heterocycles. The number of aromatic nitrogens is 2. The number of H-pyrrole nitrogens is 1. The molecule has 2 N–H and O–H groups in total. The molecule has 0 fully saturated rings. The highest BCUT2D eigenvalue weighted by Crippen LogP contribution is 2.01. The Morgan fingerprint density at radius 2 is 2.58 bits per heavy atom. The van der Waals surface area contributed by atoms with Crippen LogP contribution in [0.1, 0.15) is 18.2 Å². The van der Waals surface area contributed by atoms with Crippen LogP contribution in [0, 0.1) is 19.3 Å². The number of hydrogen-bond acceptors (Lipinski definition) is 2. The smallest absolute Gasteiger partial charge is 0.0660 e. The molecule has 12 heavy (non-hydrogen) atoms. The van der Waals surface area contributed by atoms with Crippen molar-refractivity contribution < 1.29 is 0 Å². The van der Waals surface area contributed by atoms with Crippen molar-refractivity contribution in [2.45, 2.75) is 26.4 Å². The number of hydrogen-bond donors (Lipinski definition) is 2. The van der Waals surface area contributed by atoms with Gasteiger partial charge in [-0.1, -0.05) is 5.92 Å². The fraction of sp³-hybridized carbons (Fsp3) is 0.444. The van der Waals surface area contributed by atoms with Crippen molar-refractivity contribution in [1.82, 2.24) is 15.5 Å². The summed E-state index contributed by atoms with van der Waals surface area (Å²) in [6.07, 6.45) is 7.02. The highest BCUT2D eigenvalue weighted by atomic mass is 15.1. The van der Waals surface area contributed by atoms with Crippen LogP contribution in [0.3, 0.4) is 0 Å². The number of rotatable bonds is 3. The molecule has 0 bridgehead atoms. The molecule has 0 saturated carbocycles. The van der Waals surface area contributed by atoms with E-state index in [1.54, 1.807) is 0 Å². The minimum atomic E-state index is 0.110. The van der Waals surface area contributed by atoms with E-state index in [1.807, 2.05) is 20.0 Å². The summed E-state index contributed by atoms with van der Waals surface area (Å²) in [7, 11) is 0. The average molecular weight is 163 g/mol. The van der Waals surface area contributed by atoms with E-state index in [4.69, 9.17) is 6.42 Å². The molecule has 0 amide bonds. The maximum Gasteiger partial charge on any atom is 0.0660 e. The number of nitrogens with zero attached hydrogens (tertiary/aromatic N) is 1. The van der Waals surface area contributed by atoms with Gasteiger partial charge >= 0.3 is 0 Å². The molecule has 0 radical (unpaired) electrons. The Morgan fingerprint density at radius 3 is 3.08 bits per heavy atom. The first-order chi connectivity index (χ1) is 5.74. The second-order valence-electron chi connectivity index (χ2n) is 2.79. The summed E-state index contributed by atoms with van der Waals surface area (Å²) in [5, 5.41) is 9.96. The predicted octanol–water partition coefficient (Wildman–Crippen LogP) is 0.829. The summed E-state index contributed by atoms with van der Waals surface area (Å²) in [6.45, 7) is 4.72. The quantitative estimate of drug-likeness (QED) is 0.648. The maximum absolute atomic E-state index is 5.21. The van der Waals surface area contributed by atoms with Crippen LogP contribution in [0.5, 0.6) is 0 Å². The first-order valence-electron chi connectivity index (χ1n) is 3.92. The predicted molar refractivity (Wildman–Crippen MR) is 48.5 cm³/mol. The molecule has 1 unspecified atom stereocenters. The summed E-state index contributed by atoms with van der Waals surface area (Å²) in [4.78, 5) is 0. The van der Waals surface area contributed by atoms with Gasteiger partial charge in [-0.2, -0.15) is 5.10 Å². The molecule has 0 aliphatic rings. The van der Waals surface area contributed by atoms with E-state index >= 15 is 0 Å². The molecule has 64 valence electrons. The van der Waals surface area contributed by atoms with Gasteiger partial charge in [0.15, 0.2) is 0 Å². The highest BCUT2D eigenvalue weighted by Gasteiger charge is 2.00. The molecular formula is C9H13N3. The fourth-order valence-corrected chi connectivity index (χ4v) is 0.876. The van der Waals surface area contributed by atoms with Crippen molar-refractivity contribution in [3.8, 4) is 12.3 Å². The summed E-state index contributed by atoms with van der Waals surface area (Å²) in [5.41, 5.74) is 2.25. The lowest BCUT2D eigenvalue weighted by Crippen LogP contribution is -2.23. The number of terminal acetylenes is 1. The zero-order valence-corrected chi connectivity index (χ0v) is 7.39. The monoisotopic (exact) mass is 163 g/mol. The summed E-state index contributed by atoms with van der Waals surface area (Å²) < 4.78 is 0. The fourth-order valence-electron chi connectivity index (χ4n) is 0.876. The Bertz CT molecular complexity index is 282. The van der Waals surface area contributed by atoms with Crippen molar-refractivity contribution in [2.75, 3.05) is 0 Å². The maximum atomic E-state index is 5.21. The Hall–Kier alpha value is -1.27. The molecule has 3 nitrogen and oxygen atoms in total. The van der Waals surface area contributed by atoms with Gasteiger partial charge in [0.25, 0.3) is 0 Å². The van der Waals surface area contributed by atoms with Gasteiger partial charge in [-0.05, 0) is 13.8 Å². The van der Waals surface area contributed by atoms with E-state index < -0.39 is 0 Å². The van der Waals surface area contributed by atoms with Gasteiger partial charge in [-0.25, -0.2) is 0 Å². The van der Waals surface area contributed by atoms with E-state index in [0.717, 1.165) is 17.8 Å². The van der Waals surface area contributed by atoms with Crippen LogP contribution in [-0.2, 0) is 6.54 Å². The SMILES string of the molecule is C#CC(C)NCc1cn[nH]c1C. The first kappa shape index (κ1) is 8.82. The molecule has 1 atom stereocenters. The van der Waals surface area contributed by atoms with Gasteiger partial charge in [0.1, 0.15) is 0 Å². The van der Waals surface area contributed by atoms with E-state index in [0.29, 0.717) is 0 Å². The topological polar surface area (TPSA) is 40.7 Å². The Kier molecular flexibility index (Phi) is 2.89. The zero-order valence-electron chi connectivity index (χ0n) is 7.39. The van der Waals surface area contributed by atoms with Gasteiger partial charge in [-0.15, -0.1) is 6.42 Å². The van der Waals surface area contributed by atoms with E-state index in [2.05, 4.69) is 21.4 Å². The standard InChI is InChI=1S/C9H13N3/c1-4-7(2)10-5-9-6-11-12-8(9)3/h1,6-7,10H,5H2,2-3H3,(H,11,12). The van der Waals surface area contributed by atoms with Crippen LogP contribution in [0.15, 0.2) is 6.20 Å². The lowest BCUT2D eigenvalue weighted by Gasteiger charge is -2.05. The summed E-state index contributed by atoms with van der Waals surface area (Å²) in [6, 6.07) is 0.110. The molecule has 0 aliphatic heterocycles. The molecule has 0 spiro atoms.